The van der Waals surface area contributed by atoms with Gasteiger partial charge in [0.1, 0.15) is 16.9 Å². The third-order valence-electron chi connectivity index (χ3n) is 5.10. The molecule has 1 N–H and O–H groups in total. The van der Waals surface area contributed by atoms with Crippen molar-refractivity contribution in [1.29, 1.82) is 0 Å². The number of amides is 1. The van der Waals surface area contributed by atoms with E-state index < -0.39 is 6.67 Å². The second-order valence-corrected chi connectivity index (χ2v) is 7.41. The highest BCUT2D eigenvalue weighted by Crippen LogP contribution is 2.60. The Kier molecular flexibility index (Phi) is 4.08. The van der Waals surface area contributed by atoms with Crippen LogP contribution in [0.4, 0.5) is 10.1 Å². The molecule has 7 heteroatoms. The minimum absolute atomic E-state index is 0.135. The van der Waals surface area contributed by atoms with E-state index in [2.05, 4.69) is 16.5 Å². The van der Waals surface area contributed by atoms with E-state index in [9.17, 15) is 9.18 Å². The topological polar surface area (TPSA) is 46.9 Å². The Hall–Kier alpha value is -1.85. The molecule has 2 aliphatic rings. The molecule has 2 atom stereocenters. The standard InChI is InChI=1S/C18H16Cl2FN3O/c1-24-8-12(14(7-21)23-24)18(25)22-13-4-2-3-9-10-5-6-11(15(9)13)16(10)17(19)20/h2-4,8,10-11H,5-7H2,1H3,(H,22,25). The number of aryl methyl sites for hydroxylation is 1. The first-order chi connectivity index (χ1) is 12.0. The number of hydrogen-bond donors (Lipinski definition) is 1. The van der Waals surface area contributed by atoms with E-state index in [-0.39, 0.29) is 29.0 Å². The molecule has 1 heterocycles. The molecule has 1 amide bonds. The number of alkyl halides is 1. The molecule has 0 saturated heterocycles. The fourth-order valence-corrected chi connectivity index (χ4v) is 4.70. The van der Waals surface area contributed by atoms with Gasteiger partial charge in [-0.05, 0) is 35.6 Å². The summed E-state index contributed by atoms with van der Waals surface area (Å²) < 4.78 is 14.9. The first-order valence-corrected chi connectivity index (χ1v) is 8.84. The summed E-state index contributed by atoms with van der Waals surface area (Å²) in [4.78, 5) is 12.6. The van der Waals surface area contributed by atoms with Crippen LogP contribution in [0.5, 0.6) is 0 Å². The number of allylic oxidation sites excluding steroid dienone is 1. The van der Waals surface area contributed by atoms with Crippen LogP contribution in [-0.2, 0) is 13.7 Å². The van der Waals surface area contributed by atoms with Crippen LogP contribution in [0, 0.1) is 0 Å². The fourth-order valence-electron chi connectivity index (χ4n) is 4.17. The summed E-state index contributed by atoms with van der Waals surface area (Å²) in [6.07, 6.45) is 3.51. The third-order valence-corrected chi connectivity index (χ3v) is 5.54. The predicted molar refractivity (Wildman–Crippen MR) is 95.9 cm³/mol. The highest BCUT2D eigenvalue weighted by molar-refractivity contribution is 6.56. The molecule has 2 aliphatic carbocycles. The lowest BCUT2D eigenvalue weighted by molar-refractivity contribution is 0.102. The van der Waals surface area contributed by atoms with Crippen LogP contribution in [0.2, 0.25) is 0 Å². The highest BCUT2D eigenvalue weighted by atomic mass is 35.5. The van der Waals surface area contributed by atoms with Crippen LogP contribution in [0.1, 0.15) is 51.9 Å². The van der Waals surface area contributed by atoms with E-state index in [4.69, 9.17) is 23.2 Å². The average Bonchev–Trinajstić information content (AvgIpc) is 3.26. The molecule has 2 bridgehead atoms. The Morgan fingerprint density at radius 3 is 2.84 bits per heavy atom. The van der Waals surface area contributed by atoms with Crippen molar-refractivity contribution >= 4 is 34.8 Å². The van der Waals surface area contributed by atoms with Gasteiger partial charge >= 0.3 is 0 Å². The van der Waals surface area contributed by atoms with Gasteiger partial charge in [-0.15, -0.1) is 0 Å². The third kappa shape index (κ3) is 2.57. The molecule has 4 nitrogen and oxygen atoms in total. The zero-order valence-electron chi connectivity index (χ0n) is 13.5. The number of halogens is 3. The molecule has 2 aromatic rings. The maximum atomic E-state index is 13.1. The number of benzene rings is 1. The summed E-state index contributed by atoms with van der Waals surface area (Å²) in [5.74, 6) is -0.00267. The Labute approximate surface area is 154 Å². The number of fused-ring (bicyclic) bond motifs is 5. The normalized spacial score (nSPS) is 20.7. The van der Waals surface area contributed by atoms with Crippen LogP contribution in [-0.4, -0.2) is 15.7 Å². The molecule has 1 fully saturated rings. The quantitative estimate of drug-likeness (QED) is 0.831. The number of nitrogens with one attached hydrogen (secondary N) is 1. The van der Waals surface area contributed by atoms with E-state index in [1.54, 1.807) is 7.05 Å². The van der Waals surface area contributed by atoms with E-state index in [1.165, 1.54) is 16.4 Å². The first kappa shape index (κ1) is 16.6. The number of hydrogen-bond acceptors (Lipinski definition) is 2. The van der Waals surface area contributed by atoms with Crippen LogP contribution in [0.3, 0.4) is 0 Å². The van der Waals surface area contributed by atoms with Gasteiger partial charge in [-0.2, -0.15) is 5.10 Å². The van der Waals surface area contributed by atoms with Gasteiger partial charge in [0.25, 0.3) is 5.91 Å². The molecule has 1 aromatic heterocycles. The summed E-state index contributed by atoms with van der Waals surface area (Å²) in [7, 11) is 1.66. The van der Waals surface area contributed by atoms with Gasteiger partial charge in [0.2, 0.25) is 0 Å². The largest absolute Gasteiger partial charge is 0.322 e. The summed E-state index contributed by atoms with van der Waals surface area (Å²) in [5.41, 5.74) is 4.41. The van der Waals surface area contributed by atoms with Crippen molar-refractivity contribution in [3.63, 3.8) is 0 Å². The number of carbonyl (C=O) groups is 1. The van der Waals surface area contributed by atoms with E-state index in [1.807, 2.05) is 12.1 Å². The fraction of sp³-hybridized carbons (Fsp3) is 0.333. The van der Waals surface area contributed by atoms with Gasteiger partial charge in [-0.25, -0.2) is 4.39 Å². The van der Waals surface area contributed by atoms with Crippen molar-refractivity contribution in [2.45, 2.75) is 31.4 Å². The number of aromatic nitrogens is 2. The molecule has 130 valence electrons. The van der Waals surface area contributed by atoms with E-state index in [0.717, 1.165) is 29.7 Å². The summed E-state index contributed by atoms with van der Waals surface area (Å²) in [6.45, 7) is -0.782. The minimum atomic E-state index is -0.782. The smallest absolute Gasteiger partial charge is 0.259 e. The summed E-state index contributed by atoms with van der Waals surface area (Å²) >= 11 is 12.2. The van der Waals surface area contributed by atoms with Crippen molar-refractivity contribution in [3.8, 4) is 0 Å². The number of anilines is 1. The Balaban J connectivity index is 1.71. The van der Waals surface area contributed by atoms with Crippen molar-refractivity contribution in [2.75, 3.05) is 5.32 Å². The lowest BCUT2D eigenvalue weighted by atomic mass is 9.90. The predicted octanol–water partition coefficient (Wildman–Crippen LogP) is 4.81. The number of rotatable bonds is 3. The Bertz CT molecular complexity index is 902. The summed E-state index contributed by atoms with van der Waals surface area (Å²) in [5, 5.41) is 6.90. The Morgan fingerprint density at radius 1 is 1.36 bits per heavy atom. The molecule has 4 rings (SSSR count). The lowest BCUT2D eigenvalue weighted by Gasteiger charge is -2.18. The molecule has 0 spiro atoms. The van der Waals surface area contributed by atoms with Gasteiger partial charge in [0, 0.05) is 30.8 Å². The van der Waals surface area contributed by atoms with Crippen LogP contribution in [0.25, 0.3) is 0 Å². The number of carbonyl (C=O) groups excluding carboxylic acids is 1. The van der Waals surface area contributed by atoms with Crippen LogP contribution < -0.4 is 5.32 Å². The summed E-state index contributed by atoms with van der Waals surface area (Å²) in [6, 6.07) is 5.83. The van der Waals surface area contributed by atoms with Crippen molar-refractivity contribution < 1.29 is 9.18 Å². The van der Waals surface area contributed by atoms with Crippen molar-refractivity contribution in [1.82, 2.24) is 9.78 Å². The second kappa shape index (κ2) is 6.15. The molecule has 0 radical (unpaired) electrons. The van der Waals surface area contributed by atoms with Gasteiger partial charge in [0.15, 0.2) is 0 Å². The molecular formula is C18H16Cl2FN3O. The molecule has 0 aliphatic heterocycles. The van der Waals surface area contributed by atoms with E-state index in [0.29, 0.717) is 4.49 Å². The zero-order chi connectivity index (χ0) is 17.7. The van der Waals surface area contributed by atoms with E-state index >= 15 is 0 Å². The van der Waals surface area contributed by atoms with Crippen LogP contribution in [0.15, 0.2) is 34.5 Å². The number of nitrogens with zero attached hydrogens (tertiary/aromatic N) is 2. The second-order valence-electron chi connectivity index (χ2n) is 6.46. The lowest BCUT2D eigenvalue weighted by Crippen LogP contribution is -2.15. The zero-order valence-corrected chi connectivity index (χ0v) is 15.0. The molecule has 1 aromatic carbocycles. The van der Waals surface area contributed by atoms with Gasteiger partial charge in [0.05, 0.1) is 5.56 Å². The molecule has 1 saturated carbocycles. The molecule has 25 heavy (non-hydrogen) atoms. The van der Waals surface area contributed by atoms with Gasteiger partial charge in [-0.3, -0.25) is 9.48 Å². The Morgan fingerprint density at radius 2 is 2.12 bits per heavy atom. The first-order valence-electron chi connectivity index (χ1n) is 8.09. The molecule has 2 unspecified atom stereocenters. The van der Waals surface area contributed by atoms with Gasteiger partial charge in [-0.1, -0.05) is 35.3 Å². The highest BCUT2D eigenvalue weighted by Gasteiger charge is 2.44. The van der Waals surface area contributed by atoms with Gasteiger partial charge < -0.3 is 5.32 Å². The minimum Gasteiger partial charge on any atom is -0.322 e. The maximum absolute atomic E-state index is 13.1. The van der Waals surface area contributed by atoms with Crippen LogP contribution >= 0.6 is 23.2 Å². The SMILES string of the molecule is Cn1cc(C(=O)Nc2cccc3c2C2CCC3C2=C(Cl)Cl)c(CF)n1. The monoisotopic (exact) mass is 379 g/mol. The maximum Gasteiger partial charge on any atom is 0.259 e. The average molecular weight is 380 g/mol. The molecular weight excluding hydrogens is 364 g/mol. The van der Waals surface area contributed by atoms with Crippen molar-refractivity contribution in [3.05, 3.63) is 56.8 Å². The van der Waals surface area contributed by atoms with Crippen molar-refractivity contribution in [2.24, 2.45) is 7.05 Å².